The summed E-state index contributed by atoms with van der Waals surface area (Å²) in [6.07, 6.45) is 1.34. The lowest BCUT2D eigenvalue weighted by Gasteiger charge is -2.16. The number of pyridine rings is 1. The molecule has 0 aliphatic heterocycles. The lowest BCUT2D eigenvalue weighted by Crippen LogP contribution is -2.47. The molecule has 14 heteroatoms. The van der Waals surface area contributed by atoms with Crippen LogP contribution in [0.5, 0.6) is 5.88 Å². The van der Waals surface area contributed by atoms with E-state index in [-0.39, 0.29) is 33.5 Å². The Morgan fingerprint density at radius 3 is 2.54 bits per heavy atom. The van der Waals surface area contributed by atoms with Crippen molar-refractivity contribution >= 4 is 46.5 Å². The van der Waals surface area contributed by atoms with Crippen molar-refractivity contribution in [3.8, 4) is 27.4 Å². The van der Waals surface area contributed by atoms with Crippen molar-refractivity contribution in [3.05, 3.63) is 75.0 Å². The third kappa shape index (κ3) is 5.98. The molecule has 4 aromatic rings. The minimum atomic E-state index is -0.900. The van der Waals surface area contributed by atoms with E-state index < -0.39 is 29.6 Å². The zero-order valence-corrected chi connectivity index (χ0v) is 21.4. The van der Waals surface area contributed by atoms with Crippen LogP contribution < -0.4 is 20.9 Å². The van der Waals surface area contributed by atoms with Crippen molar-refractivity contribution in [1.29, 1.82) is 0 Å². The van der Waals surface area contributed by atoms with Crippen LogP contribution in [0.3, 0.4) is 0 Å². The molecule has 0 radical (unpaired) electrons. The molecule has 3 aromatic heterocycles. The van der Waals surface area contributed by atoms with Gasteiger partial charge in [0.2, 0.25) is 5.76 Å². The van der Waals surface area contributed by atoms with E-state index in [0.717, 1.165) is 17.4 Å². The molecule has 0 bridgehead atoms. The molecule has 4 rings (SSSR count). The standard InChI is InChI=1S/C23H17Cl2F2N5O4S/c1-10(29-23(34)31-30-22(33)16-8-19(35-2)32-36-16)21-15(27)5-11(9-28-21)13-6-12(24)7-14(26)20(13)17-3-4-18(25)37-17/h3-10H,1-2H3,(H,30,33)(H2,29,31,34). The second kappa shape index (κ2) is 11.1. The van der Waals surface area contributed by atoms with Gasteiger partial charge in [0, 0.05) is 27.2 Å². The van der Waals surface area contributed by atoms with Crippen molar-refractivity contribution in [1.82, 2.24) is 26.3 Å². The van der Waals surface area contributed by atoms with Crippen LogP contribution in [0.1, 0.15) is 29.2 Å². The summed E-state index contributed by atoms with van der Waals surface area (Å²) in [5, 5.41) is 6.04. The molecular formula is C23H17Cl2F2N5O4S. The van der Waals surface area contributed by atoms with E-state index in [0.29, 0.717) is 14.8 Å². The fourth-order valence-electron chi connectivity index (χ4n) is 3.35. The van der Waals surface area contributed by atoms with Crippen LogP contribution >= 0.6 is 34.5 Å². The highest BCUT2D eigenvalue weighted by Gasteiger charge is 2.21. The number of ether oxygens (including phenoxy) is 1. The number of benzene rings is 1. The number of nitrogens with one attached hydrogen (secondary N) is 3. The predicted octanol–water partition coefficient (Wildman–Crippen LogP) is 5.76. The Hall–Kier alpha value is -3.74. The maximum atomic E-state index is 15.1. The van der Waals surface area contributed by atoms with Crippen LogP contribution in [0.15, 0.2) is 47.1 Å². The molecule has 9 nitrogen and oxygen atoms in total. The number of hydrazine groups is 1. The minimum absolute atomic E-state index is 0.0834. The first kappa shape index (κ1) is 26.3. The minimum Gasteiger partial charge on any atom is -0.479 e. The van der Waals surface area contributed by atoms with Gasteiger partial charge < -0.3 is 14.6 Å². The Morgan fingerprint density at radius 1 is 1.11 bits per heavy atom. The van der Waals surface area contributed by atoms with Gasteiger partial charge in [-0.05, 0) is 48.0 Å². The molecule has 3 N–H and O–H groups in total. The second-order valence-corrected chi connectivity index (χ2v) is 9.66. The summed E-state index contributed by atoms with van der Waals surface area (Å²) in [4.78, 5) is 28.8. The fourth-order valence-corrected chi connectivity index (χ4v) is 4.66. The van der Waals surface area contributed by atoms with Gasteiger partial charge in [-0.15, -0.1) is 11.3 Å². The molecule has 0 saturated carbocycles. The van der Waals surface area contributed by atoms with Crippen LogP contribution in [0.2, 0.25) is 9.36 Å². The SMILES string of the molecule is COc1cc(C(=O)NNC(=O)NC(C)c2ncc(-c3cc(Cl)cc(F)c3-c3ccc(Cl)s3)cc2F)on1. The molecular weight excluding hydrogens is 551 g/mol. The van der Waals surface area contributed by atoms with Gasteiger partial charge in [-0.25, -0.2) is 19.0 Å². The summed E-state index contributed by atoms with van der Waals surface area (Å²) in [6, 6.07) is 6.60. The highest BCUT2D eigenvalue weighted by atomic mass is 35.5. The molecule has 192 valence electrons. The molecule has 37 heavy (non-hydrogen) atoms. The Morgan fingerprint density at radius 2 is 1.89 bits per heavy atom. The number of aromatic nitrogens is 2. The highest BCUT2D eigenvalue weighted by molar-refractivity contribution is 7.19. The second-order valence-electron chi connectivity index (χ2n) is 7.51. The van der Waals surface area contributed by atoms with E-state index in [9.17, 15) is 14.0 Å². The summed E-state index contributed by atoms with van der Waals surface area (Å²) < 4.78 is 40.0. The zero-order chi connectivity index (χ0) is 26.7. The molecule has 0 aliphatic carbocycles. The average Bonchev–Trinajstić information content (AvgIpc) is 3.51. The number of urea groups is 1. The van der Waals surface area contributed by atoms with E-state index in [1.54, 1.807) is 12.1 Å². The van der Waals surface area contributed by atoms with Crippen LogP contribution in [-0.4, -0.2) is 29.2 Å². The molecule has 0 aliphatic rings. The molecule has 0 saturated heterocycles. The number of methoxy groups -OCH3 is 1. The Balaban J connectivity index is 1.48. The van der Waals surface area contributed by atoms with Gasteiger partial charge in [0.25, 0.3) is 5.88 Å². The van der Waals surface area contributed by atoms with E-state index >= 15 is 4.39 Å². The van der Waals surface area contributed by atoms with Crippen LogP contribution in [0.25, 0.3) is 21.6 Å². The fraction of sp³-hybridized carbons (Fsp3) is 0.130. The van der Waals surface area contributed by atoms with Crippen molar-refractivity contribution in [3.63, 3.8) is 0 Å². The molecule has 1 aromatic carbocycles. The lowest BCUT2D eigenvalue weighted by molar-refractivity contribution is 0.0898. The van der Waals surface area contributed by atoms with Gasteiger partial charge >= 0.3 is 11.9 Å². The number of rotatable bonds is 6. The monoisotopic (exact) mass is 567 g/mol. The van der Waals surface area contributed by atoms with Gasteiger partial charge in [-0.3, -0.25) is 15.2 Å². The predicted molar refractivity (Wildman–Crippen MR) is 134 cm³/mol. The first-order valence-corrected chi connectivity index (χ1v) is 12.0. The summed E-state index contributed by atoms with van der Waals surface area (Å²) >= 11 is 13.2. The largest absolute Gasteiger partial charge is 0.479 e. The number of carbonyl (C=O) groups is 2. The normalized spacial score (nSPS) is 11.6. The summed E-state index contributed by atoms with van der Waals surface area (Å²) in [5.41, 5.74) is 4.94. The average molecular weight is 568 g/mol. The van der Waals surface area contributed by atoms with Gasteiger partial charge in [-0.1, -0.05) is 23.2 Å². The van der Waals surface area contributed by atoms with Gasteiger partial charge in [-0.2, -0.15) is 0 Å². The van der Waals surface area contributed by atoms with Crippen molar-refractivity contribution in [2.45, 2.75) is 13.0 Å². The Bertz CT molecular complexity index is 1480. The maximum Gasteiger partial charge on any atom is 0.334 e. The molecule has 1 atom stereocenters. The van der Waals surface area contributed by atoms with Gasteiger partial charge in [0.1, 0.15) is 11.6 Å². The topological polar surface area (TPSA) is 118 Å². The summed E-state index contributed by atoms with van der Waals surface area (Å²) in [7, 11) is 1.35. The molecule has 0 spiro atoms. The van der Waals surface area contributed by atoms with Crippen molar-refractivity contribution < 1.29 is 27.6 Å². The smallest absolute Gasteiger partial charge is 0.334 e. The molecule has 0 fully saturated rings. The highest BCUT2D eigenvalue weighted by Crippen LogP contribution is 2.41. The Labute approximate surface area is 222 Å². The number of amides is 3. The van der Waals surface area contributed by atoms with Crippen LogP contribution in [-0.2, 0) is 0 Å². The number of carbonyl (C=O) groups excluding carboxylic acids is 2. The van der Waals surface area contributed by atoms with Gasteiger partial charge in [0.05, 0.1) is 29.2 Å². The first-order chi connectivity index (χ1) is 17.7. The quantitative estimate of drug-likeness (QED) is 0.255. The third-order valence-corrected chi connectivity index (χ3v) is 6.49. The van der Waals surface area contributed by atoms with Gasteiger partial charge in [0.15, 0.2) is 0 Å². The van der Waals surface area contributed by atoms with Crippen molar-refractivity contribution in [2.75, 3.05) is 7.11 Å². The zero-order valence-electron chi connectivity index (χ0n) is 19.1. The van der Waals surface area contributed by atoms with Crippen LogP contribution in [0.4, 0.5) is 13.6 Å². The van der Waals surface area contributed by atoms with E-state index in [2.05, 4.69) is 26.3 Å². The van der Waals surface area contributed by atoms with E-state index in [1.165, 1.54) is 38.4 Å². The number of hydrogen-bond donors (Lipinski definition) is 3. The van der Waals surface area contributed by atoms with E-state index in [1.807, 2.05) is 0 Å². The third-order valence-electron chi connectivity index (χ3n) is 5.02. The summed E-state index contributed by atoms with van der Waals surface area (Å²) in [6.45, 7) is 1.49. The molecule has 3 amide bonds. The Kier molecular flexibility index (Phi) is 7.91. The lowest BCUT2D eigenvalue weighted by atomic mass is 9.98. The number of halogens is 4. The van der Waals surface area contributed by atoms with E-state index in [4.69, 9.17) is 32.5 Å². The molecule has 3 heterocycles. The number of hydrogen-bond acceptors (Lipinski definition) is 7. The number of thiophene rings is 1. The van der Waals surface area contributed by atoms with Crippen molar-refractivity contribution in [2.24, 2.45) is 0 Å². The number of nitrogens with zero attached hydrogens (tertiary/aromatic N) is 2. The van der Waals surface area contributed by atoms with Crippen LogP contribution in [0, 0.1) is 11.6 Å². The summed E-state index contributed by atoms with van der Waals surface area (Å²) in [5.74, 6) is -2.25. The first-order valence-electron chi connectivity index (χ1n) is 10.4. The maximum absolute atomic E-state index is 15.1. The molecule has 1 unspecified atom stereocenters.